The van der Waals surface area contributed by atoms with Crippen molar-refractivity contribution in [3.05, 3.63) is 112 Å². The number of nitrogens with zero attached hydrogens (tertiary/aromatic N) is 4. The molecule has 1 aliphatic rings. The van der Waals surface area contributed by atoms with Gasteiger partial charge in [0.2, 0.25) is 15.8 Å². The molecule has 0 amide bonds. The maximum atomic E-state index is 14.3. The van der Waals surface area contributed by atoms with Gasteiger partial charge in [-0.05, 0) is 35.9 Å². The van der Waals surface area contributed by atoms with Gasteiger partial charge in [-0.3, -0.25) is 4.79 Å². The van der Waals surface area contributed by atoms with Crippen LogP contribution in [0.25, 0.3) is 5.69 Å². The minimum Gasteiger partial charge on any atom is -0.481 e. The number of piperazine rings is 1. The fourth-order valence-electron chi connectivity index (χ4n) is 4.52. The zero-order valence-electron chi connectivity index (χ0n) is 21.7. The first-order chi connectivity index (χ1) is 19.6. The van der Waals surface area contributed by atoms with Gasteiger partial charge < -0.3 is 15.4 Å². The van der Waals surface area contributed by atoms with Gasteiger partial charge >= 0.3 is 5.56 Å². The second-order valence-electron chi connectivity index (χ2n) is 9.47. The maximum Gasteiger partial charge on any atom is 0.316 e. The topological polar surface area (TPSA) is 111 Å². The Morgan fingerprint density at radius 3 is 2.22 bits per heavy atom. The average Bonchev–Trinajstić information content (AvgIpc) is 2.94. The summed E-state index contributed by atoms with van der Waals surface area (Å²) >= 11 is 0. The van der Waals surface area contributed by atoms with E-state index in [9.17, 15) is 26.4 Å². The van der Waals surface area contributed by atoms with Crippen LogP contribution in [0.4, 0.5) is 24.5 Å². The van der Waals surface area contributed by atoms with Gasteiger partial charge in [-0.1, -0.05) is 30.3 Å². The van der Waals surface area contributed by atoms with Crippen LogP contribution in [-0.2, 0) is 22.4 Å². The summed E-state index contributed by atoms with van der Waals surface area (Å²) in [5.41, 5.74) is 6.29. The van der Waals surface area contributed by atoms with Crippen molar-refractivity contribution in [2.75, 3.05) is 36.8 Å². The van der Waals surface area contributed by atoms with Crippen LogP contribution < -0.4 is 20.9 Å². The molecule has 0 unspecified atom stereocenters. The van der Waals surface area contributed by atoms with Gasteiger partial charge in [-0.2, -0.15) is 14.1 Å². The highest BCUT2D eigenvalue weighted by atomic mass is 32.2. The summed E-state index contributed by atoms with van der Waals surface area (Å²) in [4.78, 5) is 15.2. The van der Waals surface area contributed by atoms with Gasteiger partial charge in [0, 0.05) is 43.5 Å². The van der Waals surface area contributed by atoms with E-state index in [1.807, 2.05) is 0 Å². The number of ether oxygens (including phenoxy) is 1. The van der Waals surface area contributed by atoms with E-state index in [1.165, 1.54) is 28.7 Å². The fraction of sp³-hybridized carbons (Fsp3) is 0.214. The van der Waals surface area contributed by atoms with Crippen LogP contribution in [0.15, 0.2) is 77.7 Å². The molecule has 0 bridgehead atoms. The Kier molecular flexibility index (Phi) is 7.99. The minimum atomic E-state index is -3.63. The molecule has 0 atom stereocenters. The van der Waals surface area contributed by atoms with Gasteiger partial charge in [0.1, 0.15) is 29.7 Å². The summed E-state index contributed by atoms with van der Waals surface area (Å²) in [5, 5.41) is 4.10. The van der Waals surface area contributed by atoms with Gasteiger partial charge in [-0.25, -0.2) is 21.6 Å². The van der Waals surface area contributed by atoms with Crippen LogP contribution in [0.1, 0.15) is 11.1 Å². The number of sulfonamides is 1. The normalized spacial score (nSPS) is 14.3. The van der Waals surface area contributed by atoms with E-state index in [2.05, 4.69) is 5.10 Å². The molecule has 1 saturated heterocycles. The third-order valence-electron chi connectivity index (χ3n) is 6.64. The zero-order valence-corrected chi connectivity index (χ0v) is 22.5. The zero-order chi connectivity index (χ0) is 29.1. The van der Waals surface area contributed by atoms with Crippen molar-refractivity contribution in [2.45, 2.75) is 12.4 Å². The van der Waals surface area contributed by atoms with E-state index in [4.69, 9.17) is 10.5 Å². The predicted octanol–water partition coefficient (Wildman–Crippen LogP) is 3.46. The third kappa shape index (κ3) is 6.36. The molecule has 2 heterocycles. The summed E-state index contributed by atoms with van der Waals surface area (Å²) < 4.78 is 76.1. The largest absolute Gasteiger partial charge is 0.481 e. The molecular weight excluding hydrogens is 559 g/mol. The molecule has 2 N–H and O–H groups in total. The van der Waals surface area contributed by atoms with Crippen LogP contribution >= 0.6 is 0 Å². The van der Waals surface area contributed by atoms with E-state index >= 15 is 0 Å². The number of hydrogen-bond donors (Lipinski definition) is 1. The summed E-state index contributed by atoms with van der Waals surface area (Å²) in [6, 6.07) is 15.0. The van der Waals surface area contributed by atoms with Gasteiger partial charge in [0.15, 0.2) is 0 Å². The Balaban J connectivity index is 1.41. The van der Waals surface area contributed by atoms with Gasteiger partial charge in [0.25, 0.3) is 0 Å². The summed E-state index contributed by atoms with van der Waals surface area (Å²) in [6.45, 7) is 0.365. The predicted molar refractivity (Wildman–Crippen MR) is 148 cm³/mol. The van der Waals surface area contributed by atoms with Crippen LogP contribution in [0.2, 0.25) is 0 Å². The van der Waals surface area contributed by atoms with E-state index in [1.54, 1.807) is 35.2 Å². The molecule has 3 aromatic carbocycles. The third-order valence-corrected chi connectivity index (χ3v) is 8.49. The first-order valence-electron chi connectivity index (χ1n) is 12.6. The highest BCUT2D eigenvalue weighted by Gasteiger charge is 2.29. The smallest absolute Gasteiger partial charge is 0.316 e. The Morgan fingerprint density at radius 2 is 1.56 bits per heavy atom. The van der Waals surface area contributed by atoms with Crippen LogP contribution in [0.3, 0.4) is 0 Å². The quantitative estimate of drug-likeness (QED) is 0.316. The van der Waals surface area contributed by atoms with Crippen molar-refractivity contribution in [3.8, 4) is 11.4 Å². The van der Waals surface area contributed by atoms with Crippen molar-refractivity contribution in [3.63, 3.8) is 0 Å². The van der Waals surface area contributed by atoms with Gasteiger partial charge in [0.05, 0.1) is 17.6 Å². The number of benzene rings is 3. The Bertz CT molecular complexity index is 1700. The number of hydrogen-bond acceptors (Lipinski definition) is 7. The van der Waals surface area contributed by atoms with Crippen LogP contribution in [-0.4, -0.2) is 48.7 Å². The lowest BCUT2D eigenvalue weighted by molar-refractivity contribution is 0.292. The molecule has 1 aliphatic heterocycles. The SMILES string of the molecule is Nc1ccc(CS(=O)(=O)N2CCN(c3cnn(-c4cc(F)cc(F)c4)c(=O)c3OCc3ccccc3F)CC2)cc1. The van der Waals surface area contributed by atoms with Crippen molar-refractivity contribution >= 4 is 21.4 Å². The van der Waals surface area contributed by atoms with Crippen molar-refractivity contribution < 1.29 is 26.3 Å². The van der Waals surface area contributed by atoms with Gasteiger partial charge in [-0.15, -0.1) is 0 Å². The van der Waals surface area contributed by atoms with Crippen LogP contribution in [0.5, 0.6) is 5.75 Å². The highest BCUT2D eigenvalue weighted by molar-refractivity contribution is 7.88. The second kappa shape index (κ2) is 11.6. The molecular formula is C28H26F3N5O4S. The van der Waals surface area contributed by atoms with E-state index < -0.39 is 33.0 Å². The Morgan fingerprint density at radius 1 is 0.902 bits per heavy atom. The summed E-state index contributed by atoms with van der Waals surface area (Å²) in [5.74, 6) is -2.74. The maximum absolute atomic E-state index is 14.3. The molecule has 0 spiro atoms. The van der Waals surface area contributed by atoms with E-state index in [-0.39, 0.29) is 61.2 Å². The number of nitrogens with two attached hydrogens (primary N) is 1. The monoisotopic (exact) mass is 585 g/mol. The molecule has 5 rings (SSSR count). The molecule has 1 fully saturated rings. The first kappa shape index (κ1) is 28.2. The van der Waals surface area contributed by atoms with Crippen molar-refractivity contribution in [1.82, 2.24) is 14.1 Å². The number of halogens is 3. The molecule has 0 aliphatic carbocycles. The molecule has 4 aromatic rings. The molecule has 9 nitrogen and oxygen atoms in total. The Labute approximate surface area is 234 Å². The average molecular weight is 586 g/mol. The number of aromatic nitrogens is 2. The molecule has 0 saturated carbocycles. The molecule has 41 heavy (non-hydrogen) atoms. The molecule has 214 valence electrons. The summed E-state index contributed by atoms with van der Waals surface area (Å²) in [7, 11) is -3.63. The van der Waals surface area contributed by atoms with Crippen molar-refractivity contribution in [1.29, 1.82) is 0 Å². The van der Waals surface area contributed by atoms with Crippen molar-refractivity contribution in [2.24, 2.45) is 0 Å². The standard InChI is InChI=1S/C28H26F3N5O4S/c29-21-13-22(30)15-24(14-21)36-28(37)27(40-17-20-3-1-2-4-25(20)31)26(16-33-36)34-9-11-35(12-10-34)41(38,39)18-19-5-7-23(32)8-6-19/h1-8,13-16H,9-12,17-18,32H2. The molecule has 0 radical (unpaired) electrons. The molecule has 1 aromatic heterocycles. The number of anilines is 2. The fourth-order valence-corrected chi connectivity index (χ4v) is 6.04. The highest BCUT2D eigenvalue weighted by Crippen LogP contribution is 2.28. The number of rotatable bonds is 8. The van der Waals surface area contributed by atoms with E-state index in [0.717, 1.165) is 16.8 Å². The van der Waals surface area contributed by atoms with E-state index in [0.29, 0.717) is 17.3 Å². The lowest BCUT2D eigenvalue weighted by Gasteiger charge is -2.35. The molecule has 13 heteroatoms. The number of nitrogen functional groups attached to an aromatic ring is 1. The first-order valence-corrected chi connectivity index (χ1v) is 14.2. The summed E-state index contributed by atoms with van der Waals surface area (Å²) in [6.07, 6.45) is 1.30. The lowest BCUT2D eigenvalue weighted by Crippen LogP contribution is -2.49. The second-order valence-corrected chi connectivity index (χ2v) is 11.4. The lowest BCUT2D eigenvalue weighted by atomic mass is 10.2. The van der Waals surface area contributed by atoms with Crippen LogP contribution in [0, 0.1) is 17.5 Å². The minimum absolute atomic E-state index is 0.127. The Hall–Kier alpha value is -4.36.